The second-order valence-electron chi connectivity index (χ2n) is 32.2. The summed E-state index contributed by atoms with van der Waals surface area (Å²) in [5, 5.41) is 60.5. The monoisotopic (exact) mass is 1610 g/mol. The molecule has 15 atom stereocenters. The number of carbonyl (C=O) groups excluding carboxylic acids is 8. The van der Waals surface area contributed by atoms with E-state index in [1.54, 1.807) is 33.1 Å². The fourth-order valence-corrected chi connectivity index (χ4v) is 20.7. The fourth-order valence-electron chi connectivity index (χ4n) is 18.8. The Morgan fingerprint density at radius 1 is 0.816 bits per heavy atom. The minimum absolute atomic E-state index is 0.0617. The van der Waals surface area contributed by atoms with Crippen molar-refractivity contribution in [3.8, 4) is 5.75 Å². The van der Waals surface area contributed by atoms with Gasteiger partial charge in [0.15, 0.2) is 28.3 Å². The van der Waals surface area contributed by atoms with Crippen molar-refractivity contribution >= 4 is 108 Å². The molecular weight excluding hydrogens is 1500 g/mol. The van der Waals surface area contributed by atoms with E-state index in [1.165, 1.54) is 66.3 Å². The van der Waals surface area contributed by atoms with Gasteiger partial charge in [-0.3, -0.25) is 53.6 Å². The molecule has 6 aromatic rings. The van der Waals surface area contributed by atoms with Gasteiger partial charge in [-0.15, -0.1) is 0 Å². The highest BCUT2D eigenvalue weighted by molar-refractivity contribution is 8.76. The molecule has 1 unspecified atom stereocenters. The van der Waals surface area contributed by atoms with Gasteiger partial charge in [-0.25, -0.2) is 30.0 Å². The number of fused-ring (bicyclic) bond motifs is 7. The number of aliphatic hydroxyl groups excluding tert-OH is 1. The summed E-state index contributed by atoms with van der Waals surface area (Å²) >= 11 is 0. The number of amides is 5. The number of carboxylic acid groups (broad SMARTS) is 1. The number of carboxylic acids is 1. The summed E-state index contributed by atoms with van der Waals surface area (Å²) in [6.07, 6.45) is 6.10. The number of nitrogens with one attached hydrogen (secondary N) is 8. The second-order valence-corrected chi connectivity index (χ2v) is 34.9. The molecule has 114 heavy (non-hydrogen) atoms. The van der Waals surface area contributed by atoms with Crippen LogP contribution in [0.4, 0.5) is 16.2 Å². The van der Waals surface area contributed by atoms with Gasteiger partial charge in [0.05, 0.1) is 49.3 Å². The van der Waals surface area contributed by atoms with E-state index in [0.29, 0.717) is 92.6 Å². The third-order valence-electron chi connectivity index (χ3n) is 24.6. The first kappa shape index (κ1) is 84.1. The minimum Gasteiger partial charge on any atom is -0.496 e. The number of hydrazine groups is 1. The van der Waals surface area contributed by atoms with Crippen LogP contribution in [0.5, 0.6) is 5.75 Å². The number of aliphatic hydroxyl groups is 3. The number of rotatable bonds is 32. The summed E-state index contributed by atoms with van der Waals surface area (Å²) in [6, 6.07) is 14.2. The molecule has 12 rings (SSSR count). The van der Waals surface area contributed by atoms with Gasteiger partial charge in [0, 0.05) is 150 Å². The largest absolute Gasteiger partial charge is 0.496 e. The van der Waals surface area contributed by atoms with Crippen molar-refractivity contribution < 1.29 is 73.1 Å². The van der Waals surface area contributed by atoms with Crippen LogP contribution in [0.1, 0.15) is 163 Å². The molecule has 12 N–H and O–H groups in total. The van der Waals surface area contributed by atoms with Crippen LogP contribution in [-0.4, -0.2) is 221 Å². The first-order valence-corrected chi connectivity index (χ1v) is 41.9. The Morgan fingerprint density at radius 3 is 2.25 bits per heavy atom. The maximum absolute atomic E-state index is 15.2. The molecule has 5 aliphatic heterocycles. The summed E-state index contributed by atoms with van der Waals surface area (Å²) in [7, 11) is 6.37. The van der Waals surface area contributed by atoms with E-state index in [0.717, 1.165) is 52.9 Å². The van der Waals surface area contributed by atoms with Crippen LogP contribution < -0.4 is 47.3 Å². The van der Waals surface area contributed by atoms with Gasteiger partial charge in [0.1, 0.15) is 36.1 Å². The maximum atomic E-state index is 15.2. The van der Waals surface area contributed by atoms with E-state index in [4.69, 9.17) is 9.47 Å². The van der Waals surface area contributed by atoms with Crippen LogP contribution in [0, 0.1) is 30.1 Å². The van der Waals surface area contributed by atoms with Crippen molar-refractivity contribution in [2.45, 2.75) is 197 Å². The Labute approximate surface area is 669 Å². The zero-order valence-corrected chi connectivity index (χ0v) is 67.9. The quantitative estimate of drug-likeness (QED) is 0.00941. The standard InChI is InChI=1S/C82H106N14O16S2/c1-11-79(109)40-50-39-78(8,66-56(26-30-95(43-50)44-79)55-17-13-14-18-59(55)90-66)58-37-57-61(38-64(58)111-10)94(9)74-81(57)28-31-96-29-16-27-80(12-2,73(81)96)75(106)82(74,110)76(107)92-93-77(108)112-32-34-114-113-33-15-19-62(98)47(5)85-69(101)46(4)36-63(99)48(6)86-68(100)45(3)35-54(97)24-25-60(72(104)105)91-70(102)51-20-22-52(23-21-51)83-41-53-42-84-67-65(89-53)71(103)88-49(7)87-67/h13-14,16-18,20-23,27,37-38,42,45-48,50,60,73-75,83,90,106,109-110H,11-12,15,19,24-26,28-36,39-41,43-44H2,1-10H3,(H,85,101)(H,86,100)(H,91,102)(H,92,107)(H,93,108)(H,104,105)(H,84,87,88,103)/t45-,46-,47+,48+,50+,60+,73+,74-,75-,78-,79+,80-,81-,82+/m1/s1. The van der Waals surface area contributed by atoms with Crippen molar-refractivity contribution in [2.75, 3.05) is 75.2 Å². The van der Waals surface area contributed by atoms with Gasteiger partial charge in [-0.2, -0.15) is 0 Å². The number of hydrogen-bond acceptors (Lipinski definition) is 24. The Kier molecular flexibility index (Phi) is 25.5. The molecule has 1 aliphatic carbocycles. The van der Waals surface area contributed by atoms with Gasteiger partial charge < -0.3 is 66.0 Å². The average molecular weight is 1610 g/mol. The number of Topliss-reactive ketones (excluding diaryl/α,β-unsaturated/α-hetero) is 3. The lowest BCUT2D eigenvalue weighted by Gasteiger charge is -2.63. The van der Waals surface area contributed by atoms with E-state index in [9.17, 15) is 63.6 Å². The number of para-hydroxylation sites is 1. The molecule has 1 spiro atoms. The van der Waals surface area contributed by atoms with Gasteiger partial charge in [-0.05, 0) is 139 Å². The van der Waals surface area contributed by atoms with Crippen molar-refractivity contribution in [2.24, 2.45) is 23.2 Å². The molecule has 32 heteroatoms. The van der Waals surface area contributed by atoms with Crippen LogP contribution in [0.25, 0.3) is 22.1 Å². The van der Waals surface area contributed by atoms with Crippen molar-refractivity contribution in [3.05, 3.63) is 129 Å². The first-order valence-electron chi connectivity index (χ1n) is 39.4. The minimum atomic E-state index is -2.51. The molecule has 3 aromatic carbocycles. The molecular formula is C82H106N14O16S2. The summed E-state index contributed by atoms with van der Waals surface area (Å²) < 4.78 is 12.0. The molecule has 3 aromatic heterocycles. The highest BCUT2D eigenvalue weighted by Gasteiger charge is 2.79. The molecule has 6 aliphatic rings. The molecule has 612 valence electrons. The van der Waals surface area contributed by atoms with Crippen LogP contribution in [0.3, 0.4) is 0 Å². The zero-order chi connectivity index (χ0) is 81.9. The number of piperidine rings is 1. The first-order chi connectivity index (χ1) is 54.3. The van der Waals surface area contributed by atoms with Crippen LogP contribution >= 0.6 is 21.6 Å². The summed E-state index contributed by atoms with van der Waals surface area (Å²) in [6.45, 7) is 17.6. The number of H-pyrrole nitrogens is 2. The van der Waals surface area contributed by atoms with Crippen molar-refractivity contribution in [1.29, 1.82) is 0 Å². The average Bonchev–Trinajstić information content (AvgIpc) is 1.47. The van der Waals surface area contributed by atoms with E-state index < -0.39 is 122 Å². The van der Waals surface area contributed by atoms with Crippen molar-refractivity contribution in [1.82, 2.24) is 61.5 Å². The van der Waals surface area contributed by atoms with Crippen LogP contribution in [0.2, 0.25) is 0 Å². The summed E-state index contributed by atoms with van der Waals surface area (Å²) in [4.78, 5) is 158. The maximum Gasteiger partial charge on any atom is 0.426 e. The smallest absolute Gasteiger partial charge is 0.426 e. The zero-order valence-electron chi connectivity index (χ0n) is 66.2. The van der Waals surface area contributed by atoms with Crippen LogP contribution in [0.15, 0.2) is 83.8 Å². The van der Waals surface area contributed by atoms with Gasteiger partial charge >= 0.3 is 12.1 Å². The number of nitrogens with zero attached hydrogens (tertiary/aromatic N) is 6. The molecule has 8 heterocycles. The van der Waals surface area contributed by atoms with Crippen molar-refractivity contribution in [3.63, 3.8) is 0 Å². The molecule has 3 fully saturated rings. The Bertz CT molecular complexity index is 4770. The number of aliphatic carboxylic acids is 1. The predicted octanol–water partition coefficient (Wildman–Crippen LogP) is 6.39. The van der Waals surface area contributed by atoms with E-state index in [1.807, 2.05) is 43.2 Å². The number of hydrogen-bond donors (Lipinski definition) is 12. The Balaban J connectivity index is 0.567. The highest BCUT2D eigenvalue weighted by atomic mass is 33.1. The second kappa shape index (κ2) is 34.6. The third kappa shape index (κ3) is 16.8. The molecule has 30 nitrogen and oxygen atoms in total. The number of carbonyl (C=O) groups is 9. The lowest BCUT2D eigenvalue weighted by atomic mass is 9.47. The number of ketones is 3. The molecule has 2 saturated heterocycles. The van der Waals surface area contributed by atoms with E-state index in [2.05, 4.69) is 105 Å². The van der Waals surface area contributed by atoms with Crippen LogP contribution in [-0.2, 0) is 62.1 Å². The SMILES string of the molecule is CC[C@]1(O)C[C@H]2CN(CCc3c([nH]c4ccccc34)[C@@](C)(c3cc4c(cc3OC)N(C)[C@H]3[C@@](O)(C(=O)NNC(=O)OCCSSCCCC(=O)[C@H](C)NC(=O)[C@H](C)CC(=O)[C@H](C)NC(=O)[C@H](C)CC(=O)CC[C@H](NC(=O)c5ccc(NCc6cnc7nc(C)[nH]c(=O)c7n6)cc5)C(=O)O)[C@H](O)[C@]5(CC)C=CCN6CC[C@]43[C@@H]65)C2)C1. The third-order valence-corrected chi connectivity index (χ3v) is 27.0. The Hall–Kier alpha value is -9.31. The van der Waals surface area contributed by atoms with E-state index >= 15 is 4.79 Å². The number of methoxy groups -OCH3 is 1. The lowest BCUT2D eigenvalue weighted by Crippen LogP contribution is -2.82. The summed E-state index contributed by atoms with van der Waals surface area (Å²) in [5.41, 5.74) is 5.87. The fraction of sp³-hybridized carbons (Fsp3) is 0.549. The number of likely N-dealkylation sites (N-methyl/N-ethyl adjacent to an activating group) is 1. The van der Waals surface area contributed by atoms with Gasteiger partial charge in [0.2, 0.25) is 11.8 Å². The number of ether oxygens (including phenoxy) is 2. The normalized spacial score (nSPS) is 26.0. The molecule has 1 saturated carbocycles. The lowest BCUT2D eigenvalue weighted by molar-refractivity contribution is -0.204. The van der Waals surface area contributed by atoms with Gasteiger partial charge in [-0.1, -0.05) is 79.6 Å². The molecule has 5 amide bonds. The van der Waals surface area contributed by atoms with Gasteiger partial charge in [0.25, 0.3) is 17.4 Å². The topological polar surface area (TPSA) is 422 Å². The number of aromatic amines is 2. The predicted molar refractivity (Wildman–Crippen MR) is 432 cm³/mol. The number of aromatic nitrogens is 5. The Morgan fingerprint density at radius 2 is 1.54 bits per heavy atom. The number of aryl methyl sites for hydroxylation is 1. The summed E-state index contributed by atoms with van der Waals surface area (Å²) in [5.74, 6) is -5.07. The molecule has 2 bridgehead atoms. The number of benzene rings is 3. The number of anilines is 2. The van der Waals surface area contributed by atoms with E-state index in [-0.39, 0.29) is 79.7 Å². The highest BCUT2D eigenvalue weighted by Crippen LogP contribution is 2.68. The molecule has 0 radical (unpaired) electrons.